The number of nitrogen functional groups attached to an aromatic ring is 1. The van der Waals surface area contributed by atoms with Gasteiger partial charge in [-0.25, -0.2) is 20.0 Å². The number of rotatable bonds is 9. The van der Waals surface area contributed by atoms with E-state index in [4.69, 9.17) is 24.1 Å². The Labute approximate surface area is 201 Å². The van der Waals surface area contributed by atoms with Gasteiger partial charge in [0.1, 0.15) is 42.4 Å². The van der Waals surface area contributed by atoms with Crippen molar-refractivity contribution in [1.82, 2.24) is 24.6 Å². The molecule has 1 aliphatic rings. The fourth-order valence-electron chi connectivity index (χ4n) is 4.02. The number of oxazole rings is 1. The molecule has 0 bridgehead atoms. The van der Waals surface area contributed by atoms with E-state index in [9.17, 15) is 14.5 Å². The number of anilines is 1. The molecule has 35 heavy (non-hydrogen) atoms. The predicted molar refractivity (Wildman–Crippen MR) is 125 cm³/mol. The summed E-state index contributed by atoms with van der Waals surface area (Å²) in [7, 11) is -3.41. The van der Waals surface area contributed by atoms with E-state index in [1.165, 1.54) is 32.4 Å². The first-order valence-corrected chi connectivity index (χ1v) is 13.1. The van der Waals surface area contributed by atoms with Gasteiger partial charge in [-0.3, -0.25) is 9.36 Å². The molecule has 4 rings (SSSR count). The van der Waals surface area contributed by atoms with Gasteiger partial charge >= 0.3 is 5.97 Å². The lowest BCUT2D eigenvalue weighted by molar-refractivity contribution is -0.144. The van der Waals surface area contributed by atoms with Crippen molar-refractivity contribution >= 4 is 30.3 Å². The molecule has 190 valence electrons. The molecule has 1 saturated heterocycles. The van der Waals surface area contributed by atoms with Gasteiger partial charge in [0.25, 0.3) is 7.52 Å². The first-order chi connectivity index (χ1) is 16.5. The van der Waals surface area contributed by atoms with Gasteiger partial charge in [0.15, 0.2) is 0 Å². The molecule has 3 aromatic rings. The number of ether oxygens (including phenoxy) is 2. The summed E-state index contributed by atoms with van der Waals surface area (Å²) in [6.07, 6.45) is 4.78. The van der Waals surface area contributed by atoms with E-state index in [-0.39, 0.29) is 25.5 Å². The SMILES string of the molecule is CCOC(=O)C(C)NP(C)(=O)OCC1OC(n2cc(-c3ncco3)c3c(N)ncnc32)CC1(C)O. The van der Waals surface area contributed by atoms with E-state index < -0.39 is 37.5 Å². The predicted octanol–water partition coefficient (Wildman–Crippen LogP) is 2.09. The third-order valence-corrected chi connectivity index (χ3v) is 7.25. The standard InChI is InChI=1S/C21H29N6O7P/c1-5-31-20(28)12(2)26-35(4,30)33-10-14-21(3,29)8-15(34-14)27-9-13(19-23-6-7-32-19)16-17(22)24-11-25-18(16)27/h6-7,9,11-12,14-15,29H,5,8,10H2,1-4H3,(H,26,30)(H2,22,24,25). The maximum absolute atomic E-state index is 12.9. The molecule has 1 fully saturated rings. The van der Waals surface area contributed by atoms with Crippen LogP contribution >= 0.6 is 7.52 Å². The molecule has 0 aliphatic carbocycles. The Morgan fingerprint density at radius 1 is 1.46 bits per heavy atom. The monoisotopic (exact) mass is 508 g/mol. The third-order valence-electron chi connectivity index (χ3n) is 5.76. The molecule has 3 aromatic heterocycles. The van der Waals surface area contributed by atoms with Crippen molar-refractivity contribution < 1.29 is 32.9 Å². The molecule has 1 aliphatic heterocycles. The zero-order valence-corrected chi connectivity index (χ0v) is 20.8. The number of aliphatic hydroxyl groups is 1. The number of nitrogens with one attached hydrogen (secondary N) is 1. The first kappa shape index (κ1) is 25.3. The van der Waals surface area contributed by atoms with Gasteiger partial charge < -0.3 is 33.8 Å². The lowest BCUT2D eigenvalue weighted by Crippen LogP contribution is -2.39. The summed E-state index contributed by atoms with van der Waals surface area (Å²) in [5.41, 5.74) is 5.88. The van der Waals surface area contributed by atoms with Gasteiger partial charge in [-0.2, -0.15) is 0 Å². The van der Waals surface area contributed by atoms with E-state index in [2.05, 4.69) is 20.0 Å². The second kappa shape index (κ2) is 9.67. The number of nitrogens with zero attached hydrogens (tertiary/aromatic N) is 4. The number of carbonyl (C=O) groups is 1. The Morgan fingerprint density at radius 3 is 2.91 bits per heavy atom. The molecular formula is C21H29N6O7P. The minimum Gasteiger partial charge on any atom is -0.465 e. The molecule has 4 N–H and O–H groups in total. The van der Waals surface area contributed by atoms with Crippen molar-refractivity contribution in [2.45, 2.75) is 51.2 Å². The molecule has 13 nitrogen and oxygen atoms in total. The van der Waals surface area contributed by atoms with E-state index in [1.54, 1.807) is 24.6 Å². The Balaban J connectivity index is 1.52. The Kier molecular flexibility index (Phi) is 6.98. The van der Waals surface area contributed by atoms with Gasteiger partial charge in [-0.15, -0.1) is 0 Å². The highest BCUT2D eigenvalue weighted by atomic mass is 31.2. The van der Waals surface area contributed by atoms with Crippen LogP contribution in [-0.4, -0.2) is 68.2 Å². The van der Waals surface area contributed by atoms with Crippen LogP contribution < -0.4 is 10.8 Å². The minimum absolute atomic E-state index is 0.178. The molecule has 4 heterocycles. The summed E-state index contributed by atoms with van der Waals surface area (Å²) in [5.74, 6) is 0.0545. The summed E-state index contributed by atoms with van der Waals surface area (Å²) in [5, 5.41) is 14.3. The Morgan fingerprint density at radius 2 is 2.23 bits per heavy atom. The number of hydrogen-bond donors (Lipinski definition) is 3. The molecule has 0 saturated carbocycles. The third kappa shape index (κ3) is 5.24. The van der Waals surface area contributed by atoms with E-state index in [0.717, 1.165) is 0 Å². The lowest BCUT2D eigenvalue weighted by atomic mass is 9.98. The topological polar surface area (TPSA) is 177 Å². The summed E-state index contributed by atoms with van der Waals surface area (Å²) in [4.78, 5) is 24.5. The number of carbonyl (C=O) groups excluding carboxylic acids is 1. The largest absolute Gasteiger partial charge is 0.465 e. The lowest BCUT2D eigenvalue weighted by Gasteiger charge is -2.26. The van der Waals surface area contributed by atoms with E-state index in [0.29, 0.717) is 22.5 Å². The van der Waals surface area contributed by atoms with Gasteiger partial charge in [-0.1, -0.05) is 0 Å². The molecule has 0 spiro atoms. The molecule has 0 amide bonds. The minimum atomic E-state index is -3.41. The maximum Gasteiger partial charge on any atom is 0.323 e. The van der Waals surface area contributed by atoms with Crippen LogP contribution in [0.25, 0.3) is 22.5 Å². The van der Waals surface area contributed by atoms with Gasteiger partial charge in [-0.05, 0) is 20.8 Å². The van der Waals surface area contributed by atoms with Crippen LogP contribution in [0.5, 0.6) is 0 Å². The van der Waals surface area contributed by atoms with Crippen molar-refractivity contribution in [3.8, 4) is 11.5 Å². The van der Waals surface area contributed by atoms with Gasteiger partial charge in [0, 0.05) is 19.3 Å². The number of fused-ring (bicyclic) bond motifs is 1. The number of hydrogen-bond acceptors (Lipinski definition) is 11. The average molecular weight is 508 g/mol. The zero-order chi connectivity index (χ0) is 25.4. The van der Waals surface area contributed by atoms with Crippen molar-refractivity contribution in [3.63, 3.8) is 0 Å². The molecular weight excluding hydrogens is 479 g/mol. The fourth-order valence-corrected chi connectivity index (χ4v) is 5.32. The second-order valence-electron chi connectivity index (χ2n) is 8.63. The molecule has 5 atom stereocenters. The van der Waals surface area contributed by atoms with Crippen molar-refractivity contribution in [1.29, 1.82) is 0 Å². The average Bonchev–Trinajstić information content (AvgIpc) is 3.49. The smallest absolute Gasteiger partial charge is 0.323 e. The highest BCUT2D eigenvalue weighted by Crippen LogP contribution is 2.44. The number of nitrogens with two attached hydrogens (primary N) is 1. The van der Waals surface area contributed by atoms with E-state index in [1.807, 2.05) is 0 Å². The highest BCUT2D eigenvalue weighted by Gasteiger charge is 2.46. The maximum atomic E-state index is 12.9. The van der Waals surface area contributed by atoms with Crippen LogP contribution in [0.2, 0.25) is 0 Å². The van der Waals surface area contributed by atoms with Crippen molar-refractivity contribution in [2.75, 3.05) is 25.6 Å². The molecule has 0 aromatic carbocycles. The summed E-state index contributed by atoms with van der Waals surface area (Å²) in [6.45, 7) is 6.22. The summed E-state index contributed by atoms with van der Waals surface area (Å²) >= 11 is 0. The Bertz CT molecular complexity index is 1240. The van der Waals surface area contributed by atoms with Crippen molar-refractivity contribution in [3.05, 3.63) is 25.0 Å². The van der Waals surface area contributed by atoms with Crippen LogP contribution in [0, 0.1) is 0 Å². The number of esters is 1. The zero-order valence-electron chi connectivity index (χ0n) is 19.9. The fraction of sp³-hybridized carbons (Fsp3) is 0.524. The van der Waals surface area contributed by atoms with E-state index >= 15 is 0 Å². The second-order valence-corrected chi connectivity index (χ2v) is 10.8. The van der Waals surface area contributed by atoms with Crippen LogP contribution in [0.4, 0.5) is 5.82 Å². The summed E-state index contributed by atoms with van der Waals surface area (Å²) < 4.78 is 36.7. The van der Waals surface area contributed by atoms with Crippen LogP contribution in [-0.2, 0) is 23.4 Å². The van der Waals surface area contributed by atoms with Gasteiger partial charge in [0.2, 0.25) is 5.89 Å². The molecule has 5 unspecified atom stereocenters. The first-order valence-electron chi connectivity index (χ1n) is 11.1. The highest BCUT2D eigenvalue weighted by molar-refractivity contribution is 7.56. The van der Waals surface area contributed by atoms with Crippen LogP contribution in [0.1, 0.15) is 33.4 Å². The quantitative estimate of drug-likeness (QED) is 0.284. The Hall–Kier alpha value is -2.83. The van der Waals surface area contributed by atoms with Crippen molar-refractivity contribution in [2.24, 2.45) is 0 Å². The molecule has 0 radical (unpaired) electrons. The summed E-state index contributed by atoms with van der Waals surface area (Å²) in [6, 6.07) is -0.825. The van der Waals surface area contributed by atoms with Crippen LogP contribution in [0.3, 0.4) is 0 Å². The number of aromatic nitrogens is 4. The molecule has 14 heteroatoms. The van der Waals surface area contributed by atoms with Crippen LogP contribution in [0.15, 0.2) is 29.4 Å². The van der Waals surface area contributed by atoms with Gasteiger partial charge in [0.05, 0.1) is 36.0 Å². The normalized spacial score (nSPS) is 24.9.